The molecule has 1 heterocycles. The minimum Gasteiger partial charge on any atom is -0.228 e. The maximum absolute atomic E-state index is 6.14. The minimum atomic E-state index is 0.681. The van der Waals surface area contributed by atoms with Gasteiger partial charge in [0.2, 0.25) is 0 Å². The third kappa shape index (κ3) is 3.65. The molecule has 0 atom stereocenters. The van der Waals surface area contributed by atoms with Crippen LogP contribution in [0.5, 0.6) is 0 Å². The molecule has 33 heavy (non-hydrogen) atoms. The van der Waals surface area contributed by atoms with Gasteiger partial charge in [0.1, 0.15) is 0 Å². The monoisotopic (exact) mass is 442 g/mol. The Kier molecular flexibility index (Phi) is 4.86. The van der Waals surface area contributed by atoms with Crippen LogP contribution in [0.3, 0.4) is 0 Å². The van der Waals surface area contributed by atoms with Crippen LogP contribution < -0.4 is 0 Å². The standard InChI is InChI=1S/C30H19ClN2/c31-23-17-15-22(16-18-23)30-32-28(26-13-5-9-20-7-1-3-11-24(20)26)19-29(33-30)27-14-6-10-21-8-2-4-12-25(21)27/h1-19H. The summed E-state index contributed by atoms with van der Waals surface area (Å²) < 4.78 is 0. The molecule has 0 radical (unpaired) electrons. The van der Waals surface area contributed by atoms with Gasteiger partial charge in [0.25, 0.3) is 0 Å². The number of aromatic nitrogens is 2. The van der Waals surface area contributed by atoms with Gasteiger partial charge in [-0.15, -0.1) is 0 Å². The summed E-state index contributed by atoms with van der Waals surface area (Å²) in [4.78, 5) is 10.0. The van der Waals surface area contributed by atoms with Crippen LogP contribution in [0.25, 0.3) is 55.4 Å². The van der Waals surface area contributed by atoms with E-state index in [0.29, 0.717) is 10.8 Å². The summed E-state index contributed by atoms with van der Waals surface area (Å²) in [5.74, 6) is 0.681. The normalized spacial score (nSPS) is 11.2. The summed E-state index contributed by atoms with van der Waals surface area (Å²) in [5.41, 5.74) is 4.91. The largest absolute Gasteiger partial charge is 0.228 e. The summed E-state index contributed by atoms with van der Waals surface area (Å²) in [6, 6.07) is 39.3. The molecule has 3 heteroatoms. The molecule has 0 unspecified atom stereocenters. The maximum Gasteiger partial charge on any atom is 0.160 e. The average Bonchev–Trinajstić information content (AvgIpc) is 2.88. The van der Waals surface area contributed by atoms with Gasteiger partial charge in [-0.1, -0.05) is 96.5 Å². The molecule has 0 aliphatic heterocycles. The van der Waals surface area contributed by atoms with Gasteiger partial charge in [-0.2, -0.15) is 0 Å². The molecule has 6 rings (SSSR count). The van der Waals surface area contributed by atoms with E-state index in [1.165, 1.54) is 21.5 Å². The fourth-order valence-corrected chi connectivity index (χ4v) is 4.47. The van der Waals surface area contributed by atoms with Crippen molar-refractivity contribution in [3.05, 3.63) is 120 Å². The fourth-order valence-electron chi connectivity index (χ4n) is 4.35. The van der Waals surface area contributed by atoms with Gasteiger partial charge < -0.3 is 0 Å². The molecular weight excluding hydrogens is 424 g/mol. The Balaban J connectivity index is 1.64. The second-order valence-electron chi connectivity index (χ2n) is 8.02. The van der Waals surface area contributed by atoms with Crippen molar-refractivity contribution < 1.29 is 0 Å². The Hall–Kier alpha value is -4.01. The lowest BCUT2D eigenvalue weighted by Gasteiger charge is -2.12. The first-order valence-electron chi connectivity index (χ1n) is 10.9. The number of fused-ring (bicyclic) bond motifs is 2. The van der Waals surface area contributed by atoms with Gasteiger partial charge in [0, 0.05) is 21.7 Å². The molecule has 0 bridgehead atoms. The van der Waals surface area contributed by atoms with Crippen LogP contribution in [0, 0.1) is 0 Å². The number of nitrogens with zero attached hydrogens (tertiary/aromatic N) is 2. The molecule has 6 aromatic rings. The second kappa shape index (κ2) is 8.16. The van der Waals surface area contributed by atoms with Gasteiger partial charge in [0.15, 0.2) is 5.82 Å². The topological polar surface area (TPSA) is 25.8 Å². The molecule has 2 nitrogen and oxygen atoms in total. The van der Waals surface area contributed by atoms with Crippen molar-refractivity contribution in [1.82, 2.24) is 9.97 Å². The van der Waals surface area contributed by atoms with Gasteiger partial charge >= 0.3 is 0 Å². The molecule has 0 aliphatic carbocycles. The van der Waals surface area contributed by atoms with E-state index in [4.69, 9.17) is 21.6 Å². The van der Waals surface area contributed by atoms with E-state index in [-0.39, 0.29) is 0 Å². The molecule has 1 aromatic heterocycles. The number of halogens is 1. The average molecular weight is 443 g/mol. The Morgan fingerprint density at radius 3 is 1.52 bits per heavy atom. The molecule has 0 spiro atoms. The Morgan fingerprint density at radius 1 is 0.485 bits per heavy atom. The number of hydrogen-bond donors (Lipinski definition) is 0. The van der Waals surface area contributed by atoms with Crippen LogP contribution in [0.1, 0.15) is 0 Å². The first-order valence-corrected chi connectivity index (χ1v) is 11.3. The fraction of sp³-hybridized carbons (Fsp3) is 0. The summed E-state index contributed by atoms with van der Waals surface area (Å²) in [7, 11) is 0. The van der Waals surface area contributed by atoms with Crippen molar-refractivity contribution in [2.45, 2.75) is 0 Å². The summed E-state index contributed by atoms with van der Waals surface area (Å²) in [6.07, 6.45) is 0. The lowest BCUT2D eigenvalue weighted by molar-refractivity contribution is 1.19. The molecule has 0 aliphatic rings. The zero-order valence-corrected chi connectivity index (χ0v) is 18.5. The molecule has 0 saturated carbocycles. The van der Waals surface area contributed by atoms with E-state index < -0.39 is 0 Å². The maximum atomic E-state index is 6.14. The lowest BCUT2D eigenvalue weighted by atomic mass is 9.98. The molecule has 156 valence electrons. The molecule has 0 amide bonds. The molecular formula is C30H19ClN2. The van der Waals surface area contributed by atoms with Gasteiger partial charge in [-0.05, 0) is 51.9 Å². The van der Waals surface area contributed by atoms with Gasteiger partial charge in [-0.3, -0.25) is 0 Å². The summed E-state index contributed by atoms with van der Waals surface area (Å²) in [6.45, 7) is 0. The van der Waals surface area contributed by atoms with Crippen molar-refractivity contribution in [3.63, 3.8) is 0 Å². The van der Waals surface area contributed by atoms with E-state index in [1.807, 2.05) is 24.3 Å². The highest BCUT2D eigenvalue weighted by atomic mass is 35.5. The predicted molar refractivity (Wildman–Crippen MR) is 138 cm³/mol. The van der Waals surface area contributed by atoms with E-state index in [2.05, 4.69) is 91.0 Å². The quantitative estimate of drug-likeness (QED) is 0.275. The van der Waals surface area contributed by atoms with Crippen LogP contribution in [0.2, 0.25) is 5.02 Å². The third-order valence-electron chi connectivity index (χ3n) is 5.96. The Bertz CT molecular complexity index is 1510. The number of rotatable bonds is 3. The van der Waals surface area contributed by atoms with Crippen molar-refractivity contribution in [2.75, 3.05) is 0 Å². The highest BCUT2D eigenvalue weighted by Gasteiger charge is 2.14. The predicted octanol–water partition coefficient (Wildman–Crippen LogP) is 8.44. The van der Waals surface area contributed by atoms with E-state index in [9.17, 15) is 0 Å². The van der Waals surface area contributed by atoms with Crippen molar-refractivity contribution >= 4 is 33.1 Å². The van der Waals surface area contributed by atoms with Crippen molar-refractivity contribution in [2.24, 2.45) is 0 Å². The highest BCUT2D eigenvalue weighted by Crippen LogP contribution is 2.34. The zero-order chi connectivity index (χ0) is 22.2. The number of benzene rings is 5. The van der Waals surface area contributed by atoms with Gasteiger partial charge in [0.05, 0.1) is 11.4 Å². The van der Waals surface area contributed by atoms with Crippen molar-refractivity contribution in [3.8, 4) is 33.9 Å². The van der Waals surface area contributed by atoms with Gasteiger partial charge in [-0.25, -0.2) is 9.97 Å². The number of hydrogen-bond acceptors (Lipinski definition) is 2. The van der Waals surface area contributed by atoms with Crippen molar-refractivity contribution in [1.29, 1.82) is 0 Å². The molecule has 5 aromatic carbocycles. The van der Waals surface area contributed by atoms with E-state index in [0.717, 1.165) is 28.1 Å². The van der Waals surface area contributed by atoms with E-state index in [1.54, 1.807) is 0 Å². The summed E-state index contributed by atoms with van der Waals surface area (Å²) in [5, 5.41) is 5.41. The van der Waals surface area contributed by atoms with Crippen LogP contribution >= 0.6 is 11.6 Å². The third-order valence-corrected chi connectivity index (χ3v) is 6.21. The second-order valence-corrected chi connectivity index (χ2v) is 8.46. The first kappa shape index (κ1) is 19.7. The zero-order valence-electron chi connectivity index (χ0n) is 17.7. The molecule has 0 fully saturated rings. The van der Waals surface area contributed by atoms with Crippen LogP contribution in [-0.2, 0) is 0 Å². The highest BCUT2D eigenvalue weighted by molar-refractivity contribution is 6.30. The minimum absolute atomic E-state index is 0.681. The Morgan fingerprint density at radius 2 is 0.970 bits per heavy atom. The smallest absolute Gasteiger partial charge is 0.160 e. The SMILES string of the molecule is Clc1ccc(-c2nc(-c3cccc4ccccc34)cc(-c3cccc4ccccc34)n2)cc1. The molecule has 0 saturated heterocycles. The summed E-state index contributed by atoms with van der Waals surface area (Å²) >= 11 is 6.14. The van der Waals surface area contributed by atoms with E-state index >= 15 is 0 Å². The lowest BCUT2D eigenvalue weighted by Crippen LogP contribution is -1.96. The first-order chi connectivity index (χ1) is 16.3. The van der Waals surface area contributed by atoms with Crippen LogP contribution in [0.4, 0.5) is 0 Å². The van der Waals surface area contributed by atoms with Crippen LogP contribution in [0.15, 0.2) is 115 Å². The Labute approximate surface area is 197 Å². The molecule has 0 N–H and O–H groups in total. The van der Waals surface area contributed by atoms with Crippen LogP contribution in [-0.4, -0.2) is 9.97 Å².